The van der Waals surface area contributed by atoms with Crippen molar-refractivity contribution in [1.82, 2.24) is 0 Å². The third-order valence-electron chi connectivity index (χ3n) is 14.4. The standard InChI is InChI=1S/C58H58B2N2/c1-55(2,3)35-24-28-39(29-25-35)62-48-23-17-20-40-42-32-36(56(4,5)6)26-30-44(42)59(51(40)48)46-34-49-53(50(54(46)62)58(10,11)12)60-45-31-27-37(57(7,8)9)33-43(45)41-21-16-22-47(52(41)60)61(49)38-18-14-13-15-19-38/h13-34H,1-12H3. The summed E-state index contributed by atoms with van der Waals surface area (Å²) in [5, 5.41) is 0. The van der Waals surface area contributed by atoms with Crippen molar-refractivity contribution in [3.8, 4) is 22.3 Å². The molecule has 0 saturated heterocycles. The van der Waals surface area contributed by atoms with E-state index in [0.717, 1.165) is 0 Å². The smallest absolute Gasteiger partial charge is 0.248 e. The largest absolute Gasteiger partial charge is 0.312 e. The van der Waals surface area contributed by atoms with Gasteiger partial charge in [0.25, 0.3) is 0 Å². The molecule has 4 heteroatoms. The molecule has 0 unspecified atom stereocenters. The van der Waals surface area contributed by atoms with E-state index >= 15 is 0 Å². The number of benzene rings is 7. The predicted octanol–water partition coefficient (Wildman–Crippen LogP) is 11.4. The molecule has 0 amide bonds. The molecule has 4 aliphatic heterocycles. The zero-order valence-electron chi connectivity index (χ0n) is 38.8. The van der Waals surface area contributed by atoms with Crippen molar-refractivity contribution in [3.05, 3.63) is 156 Å². The minimum absolute atomic E-state index is 0.0369. The van der Waals surface area contributed by atoms with Gasteiger partial charge in [0, 0.05) is 34.1 Å². The van der Waals surface area contributed by atoms with E-state index < -0.39 is 0 Å². The molecule has 0 bridgehead atoms. The minimum atomic E-state index is -0.228. The molecule has 7 aromatic rings. The summed E-state index contributed by atoms with van der Waals surface area (Å²) in [5.41, 5.74) is 27.0. The van der Waals surface area contributed by atoms with Gasteiger partial charge in [0.05, 0.1) is 0 Å². The van der Waals surface area contributed by atoms with E-state index in [1.165, 1.54) is 111 Å². The van der Waals surface area contributed by atoms with Crippen molar-refractivity contribution in [3.63, 3.8) is 0 Å². The maximum Gasteiger partial charge on any atom is 0.248 e. The molecule has 0 radical (unpaired) electrons. The van der Waals surface area contributed by atoms with Gasteiger partial charge in [-0.3, -0.25) is 0 Å². The zero-order valence-corrected chi connectivity index (χ0v) is 38.8. The lowest BCUT2D eigenvalue weighted by Crippen LogP contribution is -2.61. The van der Waals surface area contributed by atoms with Gasteiger partial charge >= 0.3 is 0 Å². The van der Waals surface area contributed by atoms with Gasteiger partial charge < -0.3 is 9.80 Å². The minimum Gasteiger partial charge on any atom is -0.312 e. The number of para-hydroxylation sites is 1. The summed E-state index contributed by atoms with van der Waals surface area (Å²) in [6.07, 6.45) is 0. The first-order valence-electron chi connectivity index (χ1n) is 22.8. The number of hydrogen-bond acceptors (Lipinski definition) is 2. The first-order valence-corrected chi connectivity index (χ1v) is 22.8. The lowest BCUT2D eigenvalue weighted by Gasteiger charge is -2.45. The Morgan fingerprint density at radius 1 is 0.339 bits per heavy atom. The summed E-state index contributed by atoms with van der Waals surface area (Å²) in [7, 11) is 0. The third-order valence-corrected chi connectivity index (χ3v) is 14.4. The van der Waals surface area contributed by atoms with Crippen LogP contribution in [-0.2, 0) is 21.7 Å². The fourth-order valence-corrected chi connectivity index (χ4v) is 11.4. The van der Waals surface area contributed by atoms with Crippen LogP contribution in [0.4, 0.5) is 34.1 Å². The summed E-state index contributed by atoms with van der Waals surface area (Å²) in [5.74, 6) is 0. The van der Waals surface area contributed by atoms with Crippen LogP contribution >= 0.6 is 0 Å². The van der Waals surface area contributed by atoms with E-state index in [-0.39, 0.29) is 35.1 Å². The average Bonchev–Trinajstić information content (AvgIpc) is 3.74. The van der Waals surface area contributed by atoms with Gasteiger partial charge in [-0.15, -0.1) is 0 Å². The van der Waals surface area contributed by atoms with Crippen LogP contribution in [0.15, 0.2) is 133 Å². The second-order valence-electron chi connectivity index (χ2n) is 22.6. The first kappa shape index (κ1) is 39.1. The second kappa shape index (κ2) is 12.9. The molecule has 4 aliphatic rings. The van der Waals surface area contributed by atoms with Crippen LogP contribution < -0.4 is 42.6 Å². The quantitative estimate of drug-likeness (QED) is 0.161. The highest BCUT2D eigenvalue weighted by Gasteiger charge is 2.50. The molecule has 11 rings (SSSR count). The Morgan fingerprint density at radius 3 is 1.35 bits per heavy atom. The van der Waals surface area contributed by atoms with Gasteiger partial charge in [-0.05, 0) is 130 Å². The molecule has 0 spiro atoms. The SMILES string of the molecule is CC(C)(C)c1ccc(N2c3cccc4c3B(c3ccc(C(C)(C)C)cc3-4)c3cc4c(c(C(C)(C)C)c32)B2c3ccc(C(C)(C)C)cc3-c3cccc(c32)N4c2ccccc2)cc1. The number of rotatable bonds is 2. The van der Waals surface area contributed by atoms with E-state index in [4.69, 9.17) is 0 Å². The molecule has 62 heavy (non-hydrogen) atoms. The van der Waals surface area contributed by atoms with E-state index in [2.05, 4.69) is 226 Å². The Kier molecular flexibility index (Phi) is 8.15. The summed E-state index contributed by atoms with van der Waals surface area (Å²) in [6.45, 7) is 28.5. The van der Waals surface area contributed by atoms with E-state index in [1.807, 2.05) is 0 Å². The van der Waals surface area contributed by atoms with Crippen molar-refractivity contribution < 1.29 is 0 Å². The van der Waals surface area contributed by atoms with Crippen LogP contribution in [0.25, 0.3) is 22.3 Å². The summed E-state index contributed by atoms with van der Waals surface area (Å²) >= 11 is 0. The van der Waals surface area contributed by atoms with Crippen LogP contribution in [0.5, 0.6) is 0 Å². The summed E-state index contributed by atoms with van der Waals surface area (Å²) in [6, 6.07) is 52.2. The number of fused-ring (bicyclic) bond motifs is 10. The fraction of sp³-hybridized carbons (Fsp3) is 0.276. The maximum absolute atomic E-state index is 2.67. The lowest BCUT2D eigenvalue weighted by atomic mass is 9.33. The zero-order chi connectivity index (χ0) is 43.4. The van der Waals surface area contributed by atoms with Gasteiger partial charge in [0.1, 0.15) is 0 Å². The first-order chi connectivity index (χ1) is 29.3. The van der Waals surface area contributed by atoms with E-state index in [9.17, 15) is 0 Å². The van der Waals surface area contributed by atoms with Crippen molar-refractivity contribution in [1.29, 1.82) is 0 Å². The van der Waals surface area contributed by atoms with Crippen molar-refractivity contribution in [2.75, 3.05) is 9.80 Å². The lowest BCUT2D eigenvalue weighted by molar-refractivity contribution is 0.590. The monoisotopic (exact) mass is 804 g/mol. The van der Waals surface area contributed by atoms with Crippen molar-refractivity contribution in [2.45, 2.75) is 105 Å². The molecule has 4 heterocycles. The highest BCUT2D eigenvalue weighted by atomic mass is 15.2. The molecule has 7 aromatic carbocycles. The Labute approximate surface area is 371 Å². The van der Waals surface area contributed by atoms with Crippen LogP contribution in [0.1, 0.15) is 105 Å². The Bertz CT molecular complexity index is 3000. The molecule has 0 saturated carbocycles. The van der Waals surface area contributed by atoms with Gasteiger partial charge in [0.15, 0.2) is 0 Å². The van der Waals surface area contributed by atoms with Crippen LogP contribution in [0.2, 0.25) is 0 Å². The Morgan fingerprint density at radius 2 is 0.823 bits per heavy atom. The molecular weight excluding hydrogens is 746 g/mol. The van der Waals surface area contributed by atoms with Gasteiger partial charge in [-0.25, -0.2) is 0 Å². The normalized spacial score (nSPS) is 14.6. The Hall–Kier alpha value is -5.73. The molecule has 0 N–H and O–H groups in total. The van der Waals surface area contributed by atoms with Crippen molar-refractivity contribution >= 4 is 80.3 Å². The van der Waals surface area contributed by atoms with Crippen molar-refractivity contribution in [2.24, 2.45) is 0 Å². The topological polar surface area (TPSA) is 6.48 Å². The summed E-state index contributed by atoms with van der Waals surface area (Å²) in [4.78, 5) is 5.28. The molecule has 306 valence electrons. The predicted molar refractivity (Wildman–Crippen MR) is 271 cm³/mol. The number of nitrogens with zero attached hydrogens (tertiary/aromatic N) is 2. The molecule has 0 fully saturated rings. The fourth-order valence-electron chi connectivity index (χ4n) is 11.4. The van der Waals surface area contributed by atoms with Crippen LogP contribution in [0, 0.1) is 0 Å². The molecule has 0 atom stereocenters. The molecular formula is C58H58B2N2. The third kappa shape index (κ3) is 5.57. The van der Waals surface area contributed by atoms with Gasteiger partial charge in [-0.1, -0.05) is 185 Å². The number of hydrogen-bond donors (Lipinski definition) is 0. The van der Waals surface area contributed by atoms with Crippen LogP contribution in [-0.4, -0.2) is 13.4 Å². The van der Waals surface area contributed by atoms with E-state index in [1.54, 1.807) is 0 Å². The summed E-state index contributed by atoms with van der Waals surface area (Å²) < 4.78 is 0. The van der Waals surface area contributed by atoms with Crippen LogP contribution in [0.3, 0.4) is 0 Å². The molecule has 0 aliphatic carbocycles. The van der Waals surface area contributed by atoms with E-state index in [0.29, 0.717) is 0 Å². The highest BCUT2D eigenvalue weighted by Crippen LogP contribution is 2.49. The average molecular weight is 805 g/mol. The Balaban J connectivity index is 1.30. The number of anilines is 6. The highest BCUT2D eigenvalue weighted by molar-refractivity contribution is 7.03. The van der Waals surface area contributed by atoms with Gasteiger partial charge in [-0.2, -0.15) is 0 Å². The molecule has 0 aromatic heterocycles. The second-order valence-corrected chi connectivity index (χ2v) is 22.6. The molecule has 2 nitrogen and oxygen atoms in total. The van der Waals surface area contributed by atoms with Gasteiger partial charge in [0.2, 0.25) is 13.4 Å². The maximum atomic E-state index is 2.67.